The molecule has 6 heteroatoms. The molecule has 0 spiro atoms. The highest BCUT2D eigenvalue weighted by Crippen LogP contribution is 2.32. The third kappa shape index (κ3) is 3.02. The number of imidazole rings is 1. The van der Waals surface area contributed by atoms with Gasteiger partial charge in [-0.15, -0.1) is 11.6 Å². The lowest BCUT2D eigenvalue weighted by Gasteiger charge is -2.25. The topological polar surface area (TPSA) is 27.1 Å². The van der Waals surface area contributed by atoms with Crippen LogP contribution in [0.3, 0.4) is 0 Å². The van der Waals surface area contributed by atoms with Gasteiger partial charge in [0.25, 0.3) is 0 Å². The van der Waals surface area contributed by atoms with Crippen LogP contribution in [0, 0.1) is 0 Å². The monoisotopic (exact) mass is 346 g/mol. The first kappa shape index (κ1) is 15.4. The molecule has 0 amide bonds. The number of nitrogens with zero attached hydrogens (tertiary/aromatic N) is 2. The van der Waals surface area contributed by atoms with Gasteiger partial charge in [0.15, 0.2) is 0 Å². The SMILES string of the molecule is CC1(Cn2c(CCCl)nc3cc(Cl)c(Cl)cc32)CCCO1. The molecule has 3 nitrogen and oxygen atoms in total. The van der Waals surface area contributed by atoms with Crippen molar-refractivity contribution in [2.75, 3.05) is 12.5 Å². The van der Waals surface area contributed by atoms with E-state index in [1.807, 2.05) is 12.1 Å². The normalized spacial score (nSPS) is 22.3. The van der Waals surface area contributed by atoms with Crippen molar-refractivity contribution in [3.8, 4) is 0 Å². The lowest BCUT2D eigenvalue weighted by molar-refractivity contribution is 0.00653. The van der Waals surface area contributed by atoms with Crippen LogP contribution in [-0.2, 0) is 17.7 Å². The van der Waals surface area contributed by atoms with E-state index in [1.165, 1.54) is 0 Å². The first-order valence-electron chi connectivity index (χ1n) is 7.06. The van der Waals surface area contributed by atoms with E-state index in [0.717, 1.165) is 42.9 Å². The van der Waals surface area contributed by atoms with Crippen LogP contribution in [0.2, 0.25) is 10.0 Å². The largest absolute Gasteiger partial charge is 0.373 e. The molecule has 1 saturated heterocycles. The molecule has 1 fully saturated rings. The average Bonchev–Trinajstić information content (AvgIpc) is 2.98. The summed E-state index contributed by atoms with van der Waals surface area (Å²) in [6.07, 6.45) is 2.86. The second kappa shape index (κ2) is 5.96. The molecule has 0 N–H and O–H groups in total. The van der Waals surface area contributed by atoms with Gasteiger partial charge in [0.05, 0.1) is 33.2 Å². The van der Waals surface area contributed by atoms with Crippen molar-refractivity contribution in [3.63, 3.8) is 0 Å². The number of benzene rings is 1. The fourth-order valence-corrected chi connectivity index (χ4v) is 3.40. The highest BCUT2D eigenvalue weighted by atomic mass is 35.5. The lowest BCUT2D eigenvalue weighted by Crippen LogP contribution is -2.30. The van der Waals surface area contributed by atoms with Gasteiger partial charge in [-0.3, -0.25) is 0 Å². The molecule has 0 bridgehead atoms. The van der Waals surface area contributed by atoms with Crippen LogP contribution in [0.4, 0.5) is 0 Å². The molecule has 2 aromatic rings. The number of halogens is 3. The van der Waals surface area contributed by atoms with Crippen molar-refractivity contribution in [2.45, 2.75) is 38.3 Å². The summed E-state index contributed by atoms with van der Waals surface area (Å²) in [5.74, 6) is 1.48. The van der Waals surface area contributed by atoms with Crippen molar-refractivity contribution >= 4 is 45.8 Å². The zero-order chi connectivity index (χ0) is 15.0. The number of hydrogen-bond acceptors (Lipinski definition) is 2. The maximum Gasteiger partial charge on any atom is 0.111 e. The van der Waals surface area contributed by atoms with E-state index < -0.39 is 0 Å². The smallest absolute Gasteiger partial charge is 0.111 e. The van der Waals surface area contributed by atoms with Crippen molar-refractivity contribution in [2.24, 2.45) is 0 Å². The quantitative estimate of drug-likeness (QED) is 0.750. The molecular weight excluding hydrogens is 331 g/mol. The molecule has 1 aromatic carbocycles. The van der Waals surface area contributed by atoms with Crippen LogP contribution in [-0.4, -0.2) is 27.6 Å². The fraction of sp³-hybridized carbons (Fsp3) is 0.533. The first-order valence-corrected chi connectivity index (χ1v) is 8.35. The molecule has 1 aliphatic rings. The predicted molar refractivity (Wildman–Crippen MR) is 87.8 cm³/mol. The van der Waals surface area contributed by atoms with Gasteiger partial charge in [-0.2, -0.15) is 0 Å². The second-order valence-electron chi connectivity index (χ2n) is 5.71. The molecule has 0 radical (unpaired) electrons. The molecule has 1 aromatic heterocycles. The number of fused-ring (bicyclic) bond motifs is 1. The number of rotatable bonds is 4. The Kier molecular flexibility index (Phi) is 4.37. The molecular formula is C15H17Cl3N2O. The highest BCUT2D eigenvalue weighted by Gasteiger charge is 2.31. The second-order valence-corrected chi connectivity index (χ2v) is 6.90. The van der Waals surface area contributed by atoms with Gasteiger partial charge < -0.3 is 9.30 Å². The van der Waals surface area contributed by atoms with Crippen LogP contribution in [0.1, 0.15) is 25.6 Å². The maximum absolute atomic E-state index is 6.17. The van der Waals surface area contributed by atoms with Gasteiger partial charge in [-0.05, 0) is 31.9 Å². The average molecular weight is 348 g/mol. The van der Waals surface area contributed by atoms with Gasteiger partial charge in [0, 0.05) is 18.9 Å². The number of aryl methyl sites for hydroxylation is 1. The standard InChI is InChI=1S/C15H17Cl3N2O/c1-15(4-2-6-21-15)9-20-13-8-11(18)10(17)7-12(13)19-14(20)3-5-16/h7-8H,2-6,9H2,1H3. The summed E-state index contributed by atoms with van der Waals surface area (Å²) < 4.78 is 8.08. The van der Waals surface area contributed by atoms with Crippen molar-refractivity contribution in [3.05, 3.63) is 28.0 Å². The summed E-state index contributed by atoms with van der Waals surface area (Å²) in [5.41, 5.74) is 1.69. The first-order chi connectivity index (χ1) is 10.0. The van der Waals surface area contributed by atoms with Gasteiger partial charge in [0.1, 0.15) is 5.82 Å². The number of alkyl halides is 1. The van der Waals surface area contributed by atoms with E-state index in [4.69, 9.17) is 39.5 Å². The molecule has 21 heavy (non-hydrogen) atoms. The Morgan fingerprint density at radius 3 is 2.76 bits per heavy atom. The zero-order valence-corrected chi connectivity index (χ0v) is 14.1. The van der Waals surface area contributed by atoms with Gasteiger partial charge >= 0.3 is 0 Å². The number of ether oxygens (including phenoxy) is 1. The Morgan fingerprint density at radius 1 is 1.33 bits per heavy atom. The van der Waals surface area contributed by atoms with E-state index in [-0.39, 0.29) is 5.60 Å². The molecule has 1 aliphatic heterocycles. The predicted octanol–water partition coefficient (Wildman–Crippen LogP) is 4.69. The maximum atomic E-state index is 6.17. The van der Waals surface area contributed by atoms with Crippen LogP contribution < -0.4 is 0 Å². The molecule has 114 valence electrons. The highest BCUT2D eigenvalue weighted by molar-refractivity contribution is 6.42. The minimum atomic E-state index is -0.152. The lowest BCUT2D eigenvalue weighted by atomic mass is 10.0. The summed E-state index contributed by atoms with van der Waals surface area (Å²) in [5, 5.41) is 1.06. The third-order valence-electron chi connectivity index (χ3n) is 3.98. The van der Waals surface area contributed by atoms with Crippen LogP contribution >= 0.6 is 34.8 Å². The van der Waals surface area contributed by atoms with Crippen molar-refractivity contribution in [1.29, 1.82) is 0 Å². The van der Waals surface area contributed by atoms with Crippen molar-refractivity contribution in [1.82, 2.24) is 9.55 Å². The molecule has 3 rings (SSSR count). The number of hydrogen-bond donors (Lipinski definition) is 0. The zero-order valence-electron chi connectivity index (χ0n) is 11.8. The number of aromatic nitrogens is 2. The van der Waals surface area contributed by atoms with Gasteiger partial charge in [-0.25, -0.2) is 4.98 Å². The Labute approximate surface area is 139 Å². The third-order valence-corrected chi connectivity index (χ3v) is 4.89. The molecule has 0 aliphatic carbocycles. The van der Waals surface area contributed by atoms with E-state index in [2.05, 4.69) is 16.5 Å². The van der Waals surface area contributed by atoms with E-state index in [9.17, 15) is 0 Å². The fourth-order valence-electron chi connectivity index (χ4n) is 2.92. The molecule has 2 heterocycles. The van der Waals surface area contributed by atoms with Gasteiger partial charge in [-0.1, -0.05) is 23.2 Å². The summed E-state index contributed by atoms with van der Waals surface area (Å²) in [6.45, 7) is 3.72. The Morgan fingerprint density at radius 2 is 2.10 bits per heavy atom. The Bertz CT molecular complexity index is 662. The summed E-state index contributed by atoms with van der Waals surface area (Å²) in [4.78, 5) is 4.66. The Hall–Kier alpha value is -0.480. The van der Waals surface area contributed by atoms with Crippen molar-refractivity contribution < 1.29 is 4.74 Å². The van der Waals surface area contributed by atoms with Gasteiger partial charge in [0.2, 0.25) is 0 Å². The summed E-state index contributed by atoms with van der Waals surface area (Å²) >= 11 is 18.2. The van der Waals surface area contributed by atoms with Crippen LogP contribution in [0.15, 0.2) is 12.1 Å². The minimum Gasteiger partial charge on any atom is -0.373 e. The molecule has 1 unspecified atom stereocenters. The van der Waals surface area contributed by atoms with E-state index >= 15 is 0 Å². The Balaban J connectivity index is 2.08. The van der Waals surface area contributed by atoms with E-state index in [1.54, 1.807) is 0 Å². The van der Waals surface area contributed by atoms with Crippen LogP contribution in [0.5, 0.6) is 0 Å². The minimum absolute atomic E-state index is 0.152. The molecule has 0 saturated carbocycles. The summed E-state index contributed by atoms with van der Waals surface area (Å²) in [6, 6.07) is 3.69. The summed E-state index contributed by atoms with van der Waals surface area (Å²) in [7, 11) is 0. The molecule has 1 atom stereocenters. The van der Waals surface area contributed by atoms with E-state index in [0.29, 0.717) is 22.3 Å². The van der Waals surface area contributed by atoms with Crippen LogP contribution in [0.25, 0.3) is 11.0 Å².